The lowest BCUT2D eigenvalue weighted by Gasteiger charge is -2.38. The van der Waals surface area contributed by atoms with Gasteiger partial charge in [0.15, 0.2) is 0 Å². The molecule has 0 aliphatic heterocycles. The van der Waals surface area contributed by atoms with Crippen LogP contribution in [0.3, 0.4) is 0 Å². The van der Waals surface area contributed by atoms with E-state index in [9.17, 15) is 0 Å². The van der Waals surface area contributed by atoms with E-state index in [0.29, 0.717) is 0 Å². The molecule has 0 aromatic rings. The van der Waals surface area contributed by atoms with Gasteiger partial charge in [0.05, 0.1) is 0 Å². The first-order valence-corrected chi connectivity index (χ1v) is 64.3. The highest BCUT2D eigenvalue weighted by atomic mass is 14.4. The fourth-order valence-electron chi connectivity index (χ4n) is 33.2. The van der Waals surface area contributed by atoms with Crippen LogP contribution >= 0.6 is 0 Å². The molecule has 0 aromatic carbocycles. The maximum Gasteiger partial charge on any atom is 0 e. The lowest BCUT2D eigenvalue weighted by molar-refractivity contribution is 0.142. The first kappa shape index (κ1) is 122. The summed E-state index contributed by atoms with van der Waals surface area (Å²) >= 11 is 0. The van der Waals surface area contributed by atoms with E-state index in [0.717, 1.165) is 189 Å². The van der Waals surface area contributed by atoms with Gasteiger partial charge >= 0.3 is 0 Å². The second-order valence-corrected chi connectivity index (χ2v) is 52.0. The molecule has 0 atom stereocenters. The van der Waals surface area contributed by atoms with Crippen LogP contribution in [0.1, 0.15) is 552 Å². The van der Waals surface area contributed by atoms with Gasteiger partial charge in [-0.05, 0) is 602 Å². The molecular formula is C142H272. The molecule has 0 saturated heterocycles. The molecule has 16 rings (SSSR count). The molecule has 0 radical (unpaired) electrons. The summed E-state index contributed by atoms with van der Waals surface area (Å²) in [4.78, 5) is 0. The number of rotatable bonds is 34. The molecule has 0 amide bonds. The molecule has 16 fully saturated rings. The van der Waals surface area contributed by atoms with Crippen LogP contribution in [0, 0.1) is 189 Å². The Morgan fingerprint density at radius 3 is 0.408 bits per heavy atom. The Labute approximate surface area is 911 Å². The number of allylic oxidation sites excluding steroid dienone is 18. The summed E-state index contributed by atoms with van der Waals surface area (Å²) in [6.45, 7) is 52.4. The van der Waals surface area contributed by atoms with Gasteiger partial charge in [-0.25, -0.2) is 0 Å². The molecule has 0 heteroatoms. The highest BCUT2D eigenvalue weighted by Gasteiger charge is 2.39. The fourth-order valence-corrected chi connectivity index (χ4v) is 33.2. The molecule has 142 heavy (non-hydrogen) atoms. The van der Waals surface area contributed by atoms with Gasteiger partial charge in [-0.1, -0.05) is 226 Å². The van der Waals surface area contributed by atoms with Crippen LogP contribution in [0.15, 0.2) is 175 Å². The molecule has 0 unspecified atom stereocenters. The lowest BCUT2D eigenvalue weighted by atomic mass is 9.68. The third-order valence-electron chi connectivity index (χ3n) is 43.4. The predicted octanol–water partition coefficient (Wildman–Crippen LogP) is 49.6. The van der Waals surface area contributed by atoms with Crippen LogP contribution in [0.5, 0.6) is 0 Å². The lowest BCUT2D eigenvalue weighted by Crippen LogP contribution is -2.25. The van der Waals surface area contributed by atoms with Crippen molar-refractivity contribution >= 4 is 0 Å². The van der Waals surface area contributed by atoms with Crippen molar-refractivity contribution < 1.29 is 22.8 Å². The van der Waals surface area contributed by atoms with Crippen molar-refractivity contribution in [2.24, 2.45) is 189 Å². The summed E-state index contributed by atoms with van der Waals surface area (Å²) in [5.74, 6) is 31.6. The Morgan fingerprint density at radius 1 is 0.162 bits per heavy atom. The molecule has 16 aliphatic rings. The van der Waals surface area contributed by atoms with Crippen LogP contribution in [0.25, 0.3) is 0 Å². The summed E-state index contributed by atoms with van der Waals surface area (Å²) in [5.41, 5.74) is 0. The van der Waals surface area contributed by atoms with Gasteiger partial charge in [0.25, 0.3) is 0 Å². The van der Waals surface area contributed by atoms with Crippen molar-refractivity contribution in [3.05, 3.63) is 175 Å². The smallest absolute Gasteiger partial charge is 0 e. The van der Waals surface area contributed by atoms with E-state index < -0.39 is 0 Å². The summed E-state index contributed by atoms with van der Waals surface area (Å²) in [5, 5.41) is 0. The zero-order valence-corrected chi connectivity index (χ0v) is 95.7. The van der Waals surface area contributed by atoms with Crippen molar-refractivity contribution in [1.82, 2.24) is 0 Å². The number of unbranched alkanes of at least 4 members (excludes halogenated alkanes) is 1. The standard InChI is InChI=1S/C20H34.C19H32.C18H32.2C18H30.C17H28.C16H28.C16H26.16H2/c1-3-5-7-17-9-13-19(14-10-17)20-15-11-18(12-16-20)8-6-4-2;1-3-5-7-17-10-14-19(15-11-17)18-12-8-16(6-4-2)9-13-18;2*1-3-5-6-16-9-13-18(14-10-16)17-11-7-15(4-2)8-12-17;1-3-5-15-7-11-17(12-8-15)18-13-9-16(6-4-2)10-14-18;1-3-5-15-8-12-17(13-9-15)16-10-6-14(4-2)7-11-16;2*1-3-13-5-9-15(10-6-13)16-11-7-14(4-2)8-12-16;;;;;;;;;;;;;;;;/h3-4,17-20H,1-2,5-16H2;3-4,6,16-19H,1,5,7-15H2,2H3;4,15-18H,2-3,5-14H2,1H3;3-4,15-18H,1-2,5-14H2;3-6,15-18H,7-14H2,1-2H3;3-5,14-17H,2,6-13H2,1H3;3,13-16H,1,4-12H2,2H3;3-4,13-16H,1-2,5-12H2;16*1H/b;6-4+;;;5-3+,6-4+;5-3+;;;;;;;;;;;;;;;;;;. The minimum Gasteiger partial charge on any atom is -0.103 e. The van der Waals surface area contributed by atoms with Crippen LogP contribution in [0.2, 0.25) is 0 Å². The van der Waals surface area contributed by atoms with Crippen LogP contribution < -0.4 is 0 Å². The zero-order chi connectivity index (χ0) is 101. The average Bonchev–Trinajstić information content (AvgIpc) is 0.866. The van der Waals surface area contributed by atoms with E-state index in [1.54, 1.807) is 0 Å². The molecule has 0 aromatic heterocycles. The topological polar surface area (TPSA) is 0 Å². The Bertz CT molecular complexity index is 3290. The van der Waals surface area contributed by atoms with E-state index in [1.807, 2.05) is 0 Å². The zero-order valence-electron chi connectivity index (χ0n) is 95.7. The Kier molecular flexibility index (Phi) is 63.1. The van der Waals surface area contributed by atoms with Gasteiger partial charge in [0.2, 0.25) is 0 Å². The Morgan fingerprint density at radius 2 is 0.289 bits per heavy atom. The van der Waals surface area contributed by atoms with Gasteiger partial charge in [-0.3, -0.25) is 0 Å². The summed E-state index contributed by atoms with van der Waals surface area (Å²) in [7, 11) is 0. The van der Waals surface area contributed by atoms with E-state index >= 15 is 0 Å². The third-order valence-corrected chi connectivity index (χ3v) is 43.4. The number of hydrogen-bond donors (Lipinski definition) is 0. The van der Waals surface area contributed by atoms with Gasteiger partial charge in [0.1, 0.15) is 0 Å². The normalized spacial score (nSPS) is 37.9. The van der Waals surface area contributed by atoms with Crippen LogP contribution in [-0.4, -0.2) is 0 Å². The highest BCUT2D eigenvalue weighted by molar-refractivity contribution is 5.00. The maximum absolute atomic E-state index is 3.96. The van der Waals surface area contributed by atoms with Crippen LogP contribution in [-0.2, 0) is 0 Å². The quantitative estimate of drug-likeness (QED) is 0.0564. The minimum atomic E-state index is 0. The van der Waals surface area contributed by atoms with Gasteiger partial charge in [-0.15, -0.1) is 65.8 Å². The van der Waals surface area contributed by atoms with Gasteiger partial charge < -0.3 is 0 Å². The van der Waals surface area contributed by atoms with Crippen molar-refractivity contribution in [3.63, 3.8) is 0 Å². The fraction of sp³-hybridized carbons (Fsp3) is 0.803. The van der Waals surface area contributed by atoms with E-state index in [1.165, 1.54) is 488 Å². The Balaban J connectivity index is -0.000000268. The molecule has 0 heterocycles. The molecule has 0 nitrogen and oxygen atoms in total. The molecular weight excluding hydrogens is 1710 g/mol. The maximum atomic E-state index is 3.96. The predicted molar refractivity (Wildman–Crippen MR) is 669 cm³/mol. The number of hydrogen-bond acceptors (Lipinski definition) is 0. The van der Waals surface area contributed by atoms with Gasteiger partial charge in [0, 0.05) is 22.8 Å². The molecule has 16 aliphatic carbocycles. The second kappa shape index (κ2) is 73.5. The van der Waals surface area contributed by atoms with Crippen LogP contribution in [0.4, 0.5) is 0 Å². The monoisotopic (exact) mass is 1980 g/mol. The summed E-state index contributed by atoms with van der Waals surface area (Å²) < 4.78 is 0. The SMILES string of the molecule is C/C=C/C1CCC(C2CCC(/C=C/C)CC2)CC1.C=CC1CCC(C2CCC(/C=C/C)CC2)CC1.C=CC1CCC(C2CCC(C=C)CC2)CC1.C=CC1CCC(C2CCC(CC)CC2)CC1.C=CC1CCC(C2CCC(CCCC)CC2)CC1.C=CCCC1CCC(C2CCC(/C=C/C)CC2)CC1.C=CCCC1CCC(C2CCC(C=C)CC2)CC1.C=CCCC1CCC(C2CCC(CCC=C)CC2)CC1.[HH].[HH].[HH].[HH].[HH].[HH].[HH].[HH].[HH].[HH].[HH].[HH].[HH].[HH].[HH].[HH]. The van der Waals surface area contributed by atoms with E-state index in [-0.39, 0.29) is 22.8 Å². The average molecular weight is 1980 g/mol. The second-order valence-electron chi connectivity index (χ2n) is 52.0. The minimum absolute atomic E-state index is 0. The molecule has 0 bridgehead atoms. The first-order chi connectivity index (χ1) is 69.6. The first-order valence-electron chi connectivity index (χ1n) is 64.3. The van der Waals surface area contributed by atoms with Crippen molar-refractivity contribution in [3.8, 4) is 0 Å². The highest BCUT2D eigenvalue weighted by Crippen LogP contribution is 2.52. The molecule has 0 spiro atoms. The van der Waals surface area contributed by atoms with Crippen molar-refractivity contribution in [2.75, 3.05) is 0 Å². The van der Waals surface area contributed by atoms with Gasteiger partial charge in [-0.2, -0.15) is 0 Å². The van der Waals surface area contributed by atoms with Crippen molar-refractivity contribution in [2.45, 2.75) is 530 Å². The summed E-state index contributed by atoms with van der Waals surface area (Å²) in [6, 6.07) is 0. The van der Waals surface area contributed by atoms with E-state index in [4.69, 9.17) is 0 Å². The summed E-state index contributed by atoms with van der Waals surface area (Å²) in [6.07, 6.45) is 151. The van der Waals surface area contributed by atoms with Crippen molar-refractivity contribution in [1.29, 1.82) is 0 Å². The molecule has 0 N–H and O–H groups in total. The Hall–Kier alpha value is -3.64. The third kappa shape index (κ3) is 45.5. The largest absolute Gasteiger partial charge is 0.103 e. The van der Waals surface area contributed by atoms with E-state index in [2.05, 4.69) is 217 Å². The molecule has 16 saturated carbocycles. The molecule has 840 valence electrons.